The average Bonchev–Trinajstić information content (AvgIpc) is 3.26. The summed E-state index contributed by atoms with van der Waals surface area (Å²) in [6.45, 7) is 8.35. The third kappa shape index (κ3) is 6.29. The van der Waals surface area contributed by atoms with Crippen molar-refractivity contribution in [2.24, 2.45) is 0 Å². The van der Waals surface area contributed by atoms with Crippen LogP contribution in [0.15, 0.2) is 65.2 Å². The van der Waals surface area contributed by atoms with Crippen molar-refractivity contribution in [3.05, 3.63) is 71.8 Å². The van der Waals surface area contributed by atoms with E-state index >= 15 is 0 Å². The van der Waals surface area contributed by atoms with Gasteiger partial charge >= 0.3 is 0 Å². The quantitative estimate of drug-likeness (QED) is 0.466. The molecular formula is C26H31N3O4. The highest BCUT2D eigenvalue weighted by atomic mass is 16.5. The van der Waals surface area contributed by atoms with Crippen molar-refractivity contribution < 1.29 is 19.2 Å². The standard InChI is InChI=1S/C26H31N3O4/c1-5-9-20(27-25(32)23(30)18-10-7-6-8-11-18)24(31)28-22-16-21(33-29-22)17-12-14-19(15-13-17)26(2,3)4/h6-8,10-16,20,23,30H,5,9H2,1-4H3,(H,27,32)(H,28,29,31). The number of aliphatic hydroxyl groups is 1. The molecule has 2 atom stereocenters. The molecule has 2 unspecified atom stereocenters. The van der Waals surface area contributed by atoms with E-state index in [4.69, 9.17) is 4.52 Å². The van der Waals surface area contributed by atoms with Crippen molar-refractivity contribution in [3.8, 4) is 11.3 Å². The highest BCUT2D eigenvalue weighted by Crippen LogP contribution is 2.27. The molecule has 2 amide bonds. The molecule has 33 heavy (non-hydrogen) atoms. The van der Waals surface area contributed by atoms with Gasteiger partial charge in [0.25, 0.3) is 5.91 Å². The minimum Gasteiger partial charge on any atom is -0.378 e. The molecule has 0 aliphatic rings. The zero-order chi connectivity index (χ0) is 24.0. The Balaban J connectivity index is 1.66. The summed E-state index contributed by atoms with van der Waals surface area (Å²) in [4.78, 5) is 25.3. The molecule has 174 valence electrons. The number of carbonyl (C=O) groups is 2. The van der Waals surface area contributed by atoms with Gasteiger partial charge in [-0.1, -0.05) is 93.9 Å². The summed E-state index contributed by atoms with van der Waals surface area (Å²) in [5.41, 5.74) is 2.56. The first-order valence-corrected chi connectivity index (χ1v) is 11.1. The molecular weight excluding hydrogens is 418 g/mol. The van der Waals surface area contributed by atoms with Gasteiger partial charge in [-0.25, -0.2) is 0 Å². The SMILES string of the molecule is CCCC(NC(=O)C(O)c1ccccc1)C(=O)Nc1cc(-c2ccc(C(C)(C)C)cc2)on1. The molecule has 3 aromatic rings. The second-order valence-electron chi connectivity index (χ2n) is 9.06. The number of nitrogens with one attached hydrogen (secondary N) is 2. The van der Waals surface area contributed by atoms with Crippen molar-refractivity contribution in [3.63, 3.8) is 0 Å². The van der Waals surface area contributed by atoms with Gasteiger partial charge < -0.3 is 20.3 Å². The topological polar surface area (TPSA) is 104 Å². The Morgan fingerprint density at radius 2 is 1.70 bits per heavy atom. The lowest BCUT2D eigenvalue weighted by atomic mass is 9.86. The fraction of sp³-hybridized carbons (Fsp3) is 0.346. The number of benzene rings is 2. The molecule has 3 N–H and O–H groups in total. The van der Waals surface area contributed by atoms with E-state index < -0.39 is 24.0 Å². The summed E-state index contributed by atoms with van der Waals surface area (Å²) < 4.78 is 5.40. The van der Waals surface area contributed by atoms with Crippen LogP contribution in [-0.2, 0) is 15.0 Å². The van der Waals surface area contributed by atoms with E-state index in [9.17, 15) is 14.7 Å². The highest BCUT2D eigenvalue weighted by molar-refractivity contribution is 5.97. The molecule has 1 heterocycles. The second kappa shape index (κ2) is 10.4. The van der Waals surface area contributed by atoms with E-state index in [1.807, 2.05) is 31.2 Å². The summed E-state index contributed by atoms with van der Waals surface area (Å²) in [7, 11) is 0. The van der Waals surface area contributed by atoms with Crippen LogP contribution in [0.2, 0.25) is 0 Å². The highest BCUT2D eigenvalue weighted by Gasteiger charge is 2.25. The number of amides is 2. The third-order valence-electron chi connectivity index (χ3n) is 5.37. The maximum atomic E-state index is 12.8. The van der Waals surface area contributed by atoms with Crippen LogP contribution in [0.3, 0.4) is 0 Å². The van der Waals surface area contributed by atoms with Crippen LogP contribution in [0.1, 0.15) is 57.8 Å². The molecule has 0 radical (unpaired) electrons. The molecule has 0 aliphatic heterocycles. The lowest BCUT2D eigenvalue weighted by Gasteiger charge is -2.19. The predicted octanol–water partition coefficient (Wildman–Crippen LogP) is 4.60. The summed E-state index contributed by atoms with van der Waals surface area (Å²) in [6, 6.07) is 17.4. The Morgan fingerprint density at radius 3 is 2.30 bits per heavy atom. The fourth-order valence-electron chi connectivity index (χ4n) is 3.41. The number of aliphatic hydroxyl groups excluding tert-OH is 1. The van der Waals surface area contributed by atoms with Gasteiger partial charge in [0.15, 0.2) is 17.7 Å². The van der Waals surface area contributed by atoms with E-state index in [0.29, 0.717) is 24.2 Å². The molecule has 0 fully saturated rings. The van der Waals surface area contributed by atoms with E-state index in [2.05, 4.69) is 36.6 Å². The molecule has 0 aliphatic carbocycles. The number of anilines is 1. The average molecular weight is 450 g/mol. The van der Waals surface area contributed by atoms with Crippen LogP contribution in [0.25, 0.3) is 11.3 Å². The van der Waals surface area contributed by atoms with Gasteiger partial charge in [-0.15, -0.1) is 0 Å². The van der Waals surface area contributed by atoms with Gasteiger partial charge in [0.2, 0.25) is 5.91 Å². The van der Waals surface area contributed by atoms with Crippen LogP contribution in [-0.4, -0.2) is 28.1 Å². The Bertz CT molecular complexity index is 1070. The fourth-order valence-corrected chi connectivity index (χ4v) is 3.41. The summed E-state index contributed by atoms with van der Waals surface area (Å²) in [5.74, 6) is -0.266. The summed E-state index contributed by atoms with van der Waals surface area (Å²) >= 11 is 0. The number of hydrogen-bond donors (Lipinski definition) is 3. The van der Waals surface area contributed by atoms with Gasteiger partial charge in [0.1, 0.15) is 6.04 Å². The van der Waals surface area contributed by atoms with Gasteiger partial charge in [-0.2, -0.15) is 0 Å². The van der Waals surface area contributed by atoms with Crippen molar-refractivity contribution >= 4 is 17.6 Å². The van der Waals surface area contributed by atoms with Crippen LogP contribution in [0.4, 0.5) is 5.82 Å². The van der Waals surface area contributed by atoms with E-state index in [0.717, 1.165) is 5.56 Å². The number of carbonyl (C=O) groups excluding carboxylic acids is 2. The Labute approximate surface area is 194 Å². The first-order valence-electron chi connectivity index (χ1n) is 11.1. The number of rotatable bonds is 8. The Kier molecular flexibility index (Phi) is 7.66. The molecule has 2 aromatic carbocycles. The molecule has 0 spiro atoms. The van der Waals surface area contributed by atoms with Crippen molar-refractivity contribution in [2.75, 3.05) is 5.32 Å². The zero-order valence-corrected chi connectivity index (χ0v) is 19.5. The molecule has 0 bridgehead atoms. The maximum absolute atomic E-state index is 12.8. The third-order valence-corrected chi connectivity index (χ3v) is 5.37. The summed E-state index contributed by atoms with van der Waals surface area (Å²) in [5, 5.41) is 19.6. The lowest BCUT2D eigenvalue weighted by Crippen LogP contribution is -2.45. The first-order chi connectivity index (χ1) is 15.7. The Morgan fingerprint density at radius 1 is 1.03 bits per heavy atom. The number of nitrogens with zero attached hydrogens (tertiary/aromatic N) is 1. The Hall–Kier alpha value is -3.45. The van der Waals surface area contributed by atoms with E-state index in [1.165, 1.54) is 5.56 Å². The molecule has 0 saturated heterocycles. The number of hydrogen-bond acceptors (Lipinski definition) is 5. The molecule has 0 saturated carbocycles. The lowest BCUT2D eigenvalue weighted by molar-refractivity contribution is -0.133. The molecule has 7 heteroatoms. The van der Waals surface area contributed by atoms with E-state index in [-0.39, 0.29) is 11.2 Å². The number of aromatic nitrogens is 1. The molecule has 1 aromatic heterocycles. The summed E-state index contributed by atoms with van der Waals surface area (Å²) in [6.07, 6.45) is -0.268. The first kappa shape index (κ1) is 24.2. The molecule has 3 rings (SSSR count). The molecule has 7 nitrogen and oxygen atoms in total. The van der Waals surface area contributed by atoms with Crippen molar-refractivity contribution in [2.45, 2.75) is 58.1 Å². The van der Waals surface area contributed by atoms with Gasteiger partial charge in [0.05, 0.1) is 0 Å². The maximum Gasteiger partial charge on any atom is 0.254 e. The normalized spacial score (nSPS) is 13.2. The zero-order valence-electron chi connectivity index (χ0n) is 19.5. The van der Waals surface area contributed by atoms with E-state index in [1.54, 1.807) is 36.4 Å². The van der Waals surface area contributed by atoms with Crippen LogP contribution in [0.5, 0.6) is 0 Å². The van der Waals surface area contributed by atoms with Gasteiger partial charge in [-0.3, -0.25) is 9.59 Å². The minimum atomic E-state index is -1.35. The van der Waals surface area contributed by atoms with Crippen LogP contribution < -0.4 is 10.6 Å². The van der Waals surface area contributed by atoms with Crippen LogP contribution >= 0.6 is 0 Å². The van der Waals surface area contributed by atoms with Gasteiger partial charge in [0, 0.05) is 11.6 Å². The largest absolute Gasteiger partial charge is 0.378 e. The van der Waals surface area contributed by atoms with Crippen molar-refractivity contribution in [1.82, 2.24) is 10.5 Å². The van der Waals surface area contributed by atoms with Gasteiger partial charge in [-0.05, 0) is 23.0 Å². The van der Waals surface area contributed by atoms with Crippen molar-refractivity contribution in [1.29, 1.82) is 0 Å². The smallest absolute Gasteiger partial charge is 0.254 e. The minimum absolute atomic E-state index is 0.0475. The monoisotopic (exact) mass is 449 g/mol. The van der Waals surface area contributed by atoms with Crippen LogP contribution in [0, 0.1) is 0 Å². The second-order valence-corrected chi connectivity index (χ2v) is 9.06. The predicted molar refractivity (Wildman–Crippen MR) is 128 cm³/mol.